The van der Waals surface area contributed by atoms with Gasteiger partial charge in [-0.05, 0) is 57.5 Å². The Kier molecular flexibility index (Phi) is 5.30. The highest BCUT2D eigenvalue weighted by Crippen LogP contribution is 2.29. The maximum Gasteiger partial charge on any atom is 0.0642 e. The Morgan fingerprint density at radius 1 is 1.50 bits per heavy atom. The fraction of sp³-hybridized carbons (Fsp3) is 0.625. The molecule has 2 rings (SSSR count). The van der Waals surface area contributed by atoms with Crippen LogP contribution in [0.2, 0.25) is 5.02 Å². The van der Waals surface area contributed by atoms with Crippen LogP contribution in [0.3, 0.4) is 0 Å². The van der Waals surface area contributed by atoms with Crippen molar-refractivity contribution in [2.24, 2.45) is 5.73 Å². The van der Waals surface area contributed by atoms with Crippen LogP contribution in [-0.4, -0.2) is 44.2 Å². The van der Waals surface area contributed by atoms with Gasteiger partial charge in [0.25, 0.3) is 0 Å². The van der Waals surface area contributed by atoms with Gasteiger partial charge in [0.2, 0.25) is 0 Å². The first-order chi connectivity index (χ1) is 9.47. The van der Waals surface area contributed by atoms with E-state index in [2.05, 4.69) is 42.1 Å². The molecule has 1 saturated heterocycles. The average Bonchev–Trinajstić information content (AvgIpc) is 2.37. The third-order valence-electron chi connectivity index (χ3n) is 4.10. The monoisotopic (exact) mass is 295 g/mol. The lowest BCUT2D eigenvalue weighted by Gasteiger charge is -2.37. The van der Waals surface area contributed by atoms with E-state index in [-0.39, 0.29) is 6.04 Å². The van der Waals surface area contributed by atoms with Crippen LogP contribution in [0.25, 0.3) is 0 Å². The van der Waals surface area contributed by atoms with Gasteiger partial charge in [-0.2, -0.15) is 0 Å². The Bertz CT molecular complexity index is 447. The molecule has 20 heavy (non-hydrogen) atoms. The van der Waals surface area contributed by atoms with Gasteiger partial charge in [-0.3, -0.25) is 0 Å². The van der Waals surface area contributed by atoms with E-state index >= 15 is 0 Å². The maximum absolute atomic E-state index is 6.47. The number of likely N-dealkylation sites (tertiary alicyclic amines) is 1. The molecule has 1 fully saturated rings. The molecule has 1 heterocycles. The summed E-state index contributed by atoms with van der Waals surface area (Å²) < 4.78 is 0. The summed E-state index contributed by atoms with van der Waals surface area (Å²) in [6, 6.07) is 7.05. The smallest absolute Gasteiger partial charge is 0.0642 e. The number of anilines is 1. The van der Waals surface area contributed by atoms with Crippen molar-refractivity contribution >= 4 is 17.3 Å². The molecule has 0 bridgehead atoms. The van der Waals surface area contributed by atoms with E-state index in [9.17, 15) is 0 Å². The zero-order valence-corrected chi connectivity index (χ0v) is 13.5. The Hall–Kier alpha value is -0.770. The number of likely N-dealkylation sites (N-methyl/N-ethyl adjacent to an activating group) is 2. The predicted octanol–water partition coefficient (Wildman–Crippen LogP) is 2.76. The van der Waals surface area contributed by atoms with Gasteiger partial charge in [0.1, 0.15) is 0 Å². The fourth-order valence-electron chi connectivity index (χ4n) is 2.99. The highest BCUT2D eigenvalue weighted by molar-refractivity contribution is 6.33. The number of benzene rings is 1. The van der Waals surface area contributed by atoms with E-state index < -0.39 is 0 Å². The molecule has 0 saturated carbocycles. The first-order valence-electron chi connectivity index (χ1n) is 7.42. The third kappa shape index (κ3) is 3.87. The lowest BCUT2D eigenvalue weighted by molar-refractivity contribution is 0.248. The van der Waals surface area contributed by atoms with E-state index in [0.29, 0.717) is 6.04 Å². The highest BCUT2D eigenvalue weighted by Gasteiger charge is 2.22. The average molecular weight is 296 g/mol. The summed E-state index contributed by atoms with van der Waals surface area (Å²) in [6.07, 6.45) is 3.36. The van der Waals surface area contributed by atoms with Crippen LogP contribution in [0.4, 0.5) is 5.69 Å². The van der Waals surface area contributed by atoms with Gasteiger partial charge in [0.05, 0.1) is 10.7 Å². The minimum Gasteiger partial charge on any atom is -0.369 e. The standard InChI is InChI=1S/C16H26ClN3/c1-12(18)9-13-6-7-16(15(17)10-13)20(3)14-5-4-8-19(2)11-14/h6-7,10,12,14H,4-5,8-9,11,18H2,1-3H3. The maximum atomic E-state index is 6.47. The van der Waals surface area contributed by atoms with E-state index in [1.165, 1.54) is 24.9 Å². The first kappa shape index (κ1) is 15.6. The van der Waals surface area contributed by atoms with Crippen molar-refractivity contribution in [3.63, 3.8) is 0 Å². The van der Waals surface area contributed by atoms with Crippen molar-refractivity contribution in [2.75, 3.05) is 32.1 Å². The van der Waals surface area contributed by atoms with Crippen molar-refractivity contribution in [3.8, 4) is 0 Å². The molecular formula is C16H26ClN3. The lowest BCUT2D eigenvalue weighted by Crippen LogP contribution is -2.45. The number of rotatable bonds is 4. The van der Waals surface area contributed by atoms with Crippen molar-refractivity contribution in [2.45, 2.75) is 38.3 Å². The minimum absolute atomic E-state index is 0.168. The van der Waals surface area contributed by atoms with Crippen LogP contribution in [-0.2, 0) is 6.42 Å². The molecule has 1 aromatic carbocycles. The van der Waals surface area contributed by atoms with Crippen molar-refractivity contribution in [1.29, 1.82) is 0 Å². The Balaban J connectivity index is 2.11. The number of hydrogen-bond donors (Lipinski definition) is 1. The summed E-state index contributed by atoms with van der Waals surface area (Å²) in [6.45, 7) is 4.33. The Morgan fingerprint density at radius 2 is 2.25 bits per heavy atom. The molecule has 2 unspecified atom stereocenters. The van der Waals surface area contributed by atoms with Gasteiger partial charge in [-0.25, -0.2) is 0 Å². The van der Waals surface area contributed by atoms with Gasteiger partial charge in [-0.1, -0.05) is 17.7 Å². The summed E-state index contributed by atoms with van der Waals surface area (Å²) in [5.41, 5.74) is 8.18. The molecule has 1 aliphatic heterocycles. The molecule has 1 aliphatic rings. The summed E-state index contributed by atoms with van der Waals surface area (Å²) in [7, 11) is 4.34. The minimum atomic E-state index is 0.168. The summed E-state index contributed by atoms with van der Waals surface area (Å²) in [5.74, 6) is 0. The first-order valence-corrected chi connectivity index (χ1v) is 7.80. The van der Waals surface area contributed by atoms with E-state index in [1.54, 1.807) is 0 Å². The Labute approximate surface area is 127 Å². The summed E-state index contributed by atoms with van der Waals surface area (Å²) >= 11 is 6.47. The molecular weight excluding hydrogens is 270 g/mol. The molecule has 0 aliphatic carbocycles. The van der Waals surface area contributed by atoms with Crippen LogP contribution >= 0.6 is 11.6 Å². The second-order valence-corrected chi connectivity index (χ2v) is 6.54. The normalized spacial score (nSPS) is 21.8. The van der Waals surface area contributed by atoms with Crippen molar-refractivity contribution < 1.29 is 0 Å². The fourth-order valence-corrected chi connectivity index (χ4v) is 3.32. The van der Waals surface area contributed by atoms with Crippen LogP contribution < -0.4 is 10.6 Å². The highest BCUT2D eigenvalue weighted by atomic mass is 35.5. The topological polar surface area (TPSA) is 32.5 Å². The summed E-state index contributed by atoms with van der Waals surface area (Å²) in [5, 5.41) is 0.832. The third-order valence-corrected chi connectivity index (χ3v) is 4.40. The molecule has 0 spiro atoms. The molecule has 4 heteroatoms. The van der Waals surface area contributed by atoms with Gasteiger partial charge < -0.3 is 15.5 Å². The largest absolute Gasteiger partial charge is 0.369 e. The van der Waals surface area contributed by atoms with Gasteiger partial charge in [-0.15, -0.1) is 0 Å². The van der Waals surface area contributed by atoms with Gasteiger partial charge in [0, 0.05) is 25.7 Å². The van der Waals surface area contributed by atoms with E-state index in [4.69, 9.17) is 17.3 Å². The molecule has 0 amide bonds. The van der Waals surface area contributed by atoms with Crippen molar-refractivity contribution in [3.05, 3.63) is 28.8 Å². The predicted molar refractivity (Wildman–Crippen MR) is 87.7 cm³/mol. The quantitative estimate of drug-likeness (QED) is 0.927. The zero-order chi connectivity index (χ0) is 14.7. The Morgan fingerprint density at radius 3 is 2.85 bits per heavy atom. The van der Waals surface area contributed by atoms with Crippen LogP contribution in [0.5, 0.6) is 0 Å². The van der Waals surface area contributed by atoms with Gasteiger partial charge >= 0.3 is 0 Å². The van der Waals surface area contributed by atoms with Gasteiger partial charge in [0.15, 0.2) is 0 Å². The molecule has 1 aromatic rings. The lowest BCUT2D eigenvalue weighted by atomic mass is 10.0. The van der Waals surface area contributed by atoms with Crippen LogP contribution in [0.1, 0.15) is 25.3 Å². The number of halogens is 1. The van der Waals surface area contributed by atoms with Crippen LogP contribution in [0.15, 0.2) is 18.2 Å². The zero-order valence-electron chi connectivity index (χ0n) is 12.8. The number of nitrogens with two attached hydrogens (primary N) is 1. The number of hydrogen-bond acceptors (Lipinski definition) is 3. The second kappa shape index (κ2) is 6.79. The van der Waals surface area contributed by atoms with Crippen molar-refractivity contribution in [1.82, 2.24) is 4.90 Å². The molecule has 3 nitrogen and oxygen atoms in total. The molecule has 2 N–H and O–H groups in total. The summed E-state index contributed by atoms with van der Waals surface area (Å²) in [4.78, 5) is 4.72. The SMILES string of the molecule is CC(N)Cc1ccc(N(C)C2CCCN(C)C2)c(Cl)c1. The van der Waals surface area contributed by atoms with E-state index in [1.807, 2.05) is 6.92 Å². The molecule has 0 radical (unpaired) electrons. The van der Waals surface area contributed by atoms with E-state index in [0.717, 1.165) is 23.7 Å². The molecule has 0 aromatic heterocycles. The molecule has 2 atom stereocenters. The molecule has 112 valence electrons. The van der Waals surface area contributed by atoms with Crippen LogP contribution in [0, 0.1) is 0 Å². The second-order valence-electron chi connectivity index (χ2n) is 6.14. The number of piperidine rings is 1. The number of nitrogens with zero attached hydrogens (tertiary/aromatic N) is 2.